The molecule has 2 aromatic rings. The highest BCUT2D eigenvalue weighted by Crippen LogP contribution is 2.29. The van der Waals surface area contributed by atoms with E-state index in [4.69, 9.17) is 4.42 Å². The molecule has 3 rings (SSSR count). The number of likely N-dealkylation sites (tertiary alicyclic amines) is 1. The van der Waals surface area contributed by atoms with Gasteiger partial charge in [0.2, 0.25) is 0 Å². The Morgan fingerprint density at radius 2 is 1.88 bits per heavy atom. The summed E-state index contributed by atoms with van der Waals surface area (Å²) in [5.74, 6) is 1.36. The molecule has 4 nitrogen and oxygen atoms in total. The van der Waals surface area contributed by atoms with E-state index >= 15 is 0 Å². The quantitative estimate of drug-likeness (QED) is 0.741. The van der Waals surface area contributed by atoms with E-state index in [0.717, 1.165) is 63.1 Å². The molecule has 2 heterocycles. The molecule has 0 radical (unpaired) electrons. The van der Waals surface area contributed by atoms with Crippen LogP contribution in [0.2, 0.25) is 0 Å². The van der Waals surface area contributed by atoms with Crippen molar-refractivity contribution in [2.45, 2.75) is 57.7 Å². The largest absolute Gasteiger partial charge is 0.461 e. The minimum atomic E-state index is -2.91. The Balaban J connectivity index is 1.75. The summed E-state index contributed by atoms with van der Waals surface area (Å²) in [5.41, 5.74) is 2.26. The number of piperidine rings is 1. The van der Waals surface area contributed by atoms with Gasteiger partial charge in [-0.2, -0.15) is 0 Å². The number of para-hydroxylation sites is 1. The van der Waals surface area contributed by atoms with Crippen LogP contribution in [0.4, 0.5) is 0 Å². The number of furan rings is 1. The van der Waals surface area contributed by atoms with Crippen LogP contribution in [0.15, 0.2) is 28.7 Å². The Morgan fingerprint density at radius 1 is 1.16 bits per heavy atom. The molecule has 0 atom stereocenters. The Morgan fingerprint density at radius 3 is 2.56 bits per heavy atom. The summed E-state index contributed by atoms with van der Waals surface area (Å²) in [5, 5.41) is 1.05. The van der Waals surface area contributed by atoms with Gasteiger partial charge in [-0.3, -0.25) is 4.90 Å². The molecule has 5 heteroatoms. The van der Waals surface area contributed by atoms with Crippen molar-refractivity contribution in [2.24, 2.45) is 0 Å². The molecule has 1 fully saturated rings. The average molecular weight is 364 g/mol. The third kappa shape index (κ3) is 4.09. The van der Waals surface area contributed by atoms with Gasteiger partial charge in [0.1, 0.15) is 11.3 Å². The molecule has 1 aromatic heterocycles. The van der Waals surface area contributed by atoms with Gasteiger partial charge < -0.3 is 4.42 Å². The second-order valence-electron chi connectivity index (χ2n) is 7.03. The first-order valence-corrected chi connectivity index (χ1v) is 11.2. The lowest BCUT2D eigenvalue weighted by atomic mass is 10.0. The lowest BCUT2D eigenvalue weighted by molar-refractivity contribution is 0.221. The zero-order valence-electron chi connectivity index (χ0n) is 15.3. The van der Waals surface area contributed by atoms with Crippen molar-refractivity contribution in [2.75, 3.05) is 18.8 Å². The van der Waals surface area contributed by atoms with Gasteiger partial charge in [-0.05, 0) is 38.4 Å². The number of rotatable bonds is 7. The fourth-order valence-electron chi connectivity index (χ4n) is 3.75. The third-order valence-corrected chi connectivity index (χ3v) is 7.66. The molecule has 1 saturated heterocycles. The normalized spacial score (nSPS) is 17.4. The van der Waals surface area contributed by atoms with Crippen LogP contribution in [0.3, 0.4) is 0 Å². The highest BCUT2D eigenvalue weighted by molar-refractivity contribution is 7.92. The highest BCUT2D eigenvalue weighted by Gasteiger charge is 2.29. The molecular formula is C20H29NO3S. The number of fused-ring (bicyclic) bond motifs is 1. The Bertz CT molecular complexity index is 801. The van der Waals surface area contributed by atoms with Crippen molar-refractivity contribution in [1.29, 1.82) is 0 Å². The molecule has 0 bridgehead atoms. The van der Waals surface area contributed by atoms with Gasteiger partial charge in [-0.25, -0.2) is 8.42 Å². The predicted octanol–water partition coefficient (Wildman–Crippen LogP) is 4.17. The van der Waals surface area contributed by atoms with Gasteiger partial charge in [0.05, 0.1) is 5.25 Å². The second kappa shape index (κ2) is 7.92. The van der Waals surface area contributed by atoms with Gasteiger partial charge >= 0.3 is 0 Å². The molecule has 25 heavy (non-hydrogen) atoms. The fraction of sp³-hybridized carbons (Fsp3) is 0.600. The summed E-state index contributed by atoms with van der Waals surface area (Å²) in [6, 6.07) is 8.25. The molecule has 0 amide bonds. The Hall–Kier alpha value is -1.33. The van der Waals surface area contributed by atoms with Crippen molar-refractivity contribution in [3.63, 3.8) is 0 Å². The maximum Gasteiger partial charge on any atom is 0.152 e. The van der Waals surface area contributed by atoms with Crippen LogP contribution in [0.5, 0.6) is 0 Å². The molecule has 0 N–H and O–H groups in total. The number of nitrogens with zero attached hydrogens (tertiary/aromatic N) is 1. The van der Waals surface area contributed by atoms with E-state index in [1.54, 1.807) is 6.92 Å². The maximum atomic E-state index is 12.1. The van der Waals surface area contributed by atoms with Crippen LogP contribution in [-0.4, -0.2) is 37.4 Å². The number of unbranched alkanes of at least 4 members (excludes halogenated alkanes) is 1. The van der Waals surface area contributed by atoms with Gasteiger partial charge in [-0.1, -0.05) is 38.5 Å². The summed E-state index contributed by atoms with van der Waals surface area (Å²) in [6.45, 7) is 6.49. The molecule has 0 aliphatic carbocycles. The summed E-state index contributed by atoms with van der Waals surface area (Å²) in [6.07, 6.45) is 4.74. The minimum absolute atomic E-state index is 0.158. The van der Waals surface area contributed by atoms with Gasteiger partial charge in [0, 0.05) is 29.7 Å². The minimum Gasteiger partial charge on any atom is -0.461 e. The molecular weight excluding hydrogens is 334 g/mol. The second-order valence-corrected chi connectivity index (χ2v) is 9.60. The summed E-state index contributed by atoms with van der Waals surface area (Å²) < 4.78 is 30.3. The first-order chi connectivity index (χ1) is 12.0. The Kier molecular flexibility index (Phi) is 5.85. The predicted molar refractivity (Wildman–Crippen MR) is 103 cm³/mol. The van der Waals surface area contributed by atoms with Crippen LogP contribution < -0.4 is 0 Å². The van der Waals surface area contributed by atoms with E-state index in [2.05, 4.69) is 24.0 Å². The van der Waals surface area contributed by atoms with Crippen molar-refractivity contribution in [3.05, 3.63) is 35.6 Å². The molecule has 0 unspecified atom stereocenters. The van der Waals surface area contributed by atoms with Gasteiger partial charge in [0.25, 0.3) is 0 Å². The first kappa shape index (κ1) is 18.5. The SMILES string of the molecule is CCCCc1oc2ccccc2c1CN1CCC(S(=O)(=O)CC)CC1. The zero-order valence-corrected chi connectivity index (χ0v) is 16.1. The molecule has 1 aliphatic heterocycles. The fourth-order valence-corrected chi connectivity index (χ4v) is 5.15. The van der Waals surface area contributed by atoms with E-state index in [1.165, 1.54) is 10.9 Å². The average Bonchev–Trinajstić information content (AvgIpc) is 2.98. The summed E-state index contributed by atoms with van der Waals surface area (Å²) in [7, 11) is -2.91. The molecule has 1 aliphatic rings. The lowest BCUT2D eigenvalue weighted by Gasteiger charge is -2.31. The van der Waals surface area contributed by atoms with E-state index in [-0.39, 0.29) is 11.0 Å². The van der Waals surface area contributed by atoms with Gasteiger partial charge in [0.15, 0.2) is 9.84 Å². The van der Waals surface area contributed by atoms with Crippen molar-refractivity contribution < 1.29 is 12.8 Å². The molecule has 1 aromatic carbocycles. The third-order valence-electron chi connectivity index (χ3n) is 5.37. The Labute approximate surface area is 151 Å². The monoisotopic (exact) mass is 363 g/mol. The van der Waals surface area contributed by atoms with Crippen molar-refractivity contribution in [3.8, 4) is 0 Å². The summed E-state index contributed by atoms with van der Waals surface area (Å²) >= 11 is 0. The van der Waals surface area contributed by atoms with Crippen LogP contribution in [0.1, 0.15) is 50.9 Å². The lowest BCUT2D eigenvalue weighted by Crippen LogP contribution is -2.39. The standard InChI is InChI=1S/C20H29NO3S/c1-3-5-9-20-18(17-8-6-7-10-19(17)24-20)15-21-13-11-16(12-14-21)25(22,23)4-2/h6-8,10,16H,3-5,9,11-15H2,1-2H3. The number of sulfone groups is 1. The van der Waals surface area contributed by atoms with E-state index in [0.29, 0.717) is 0 Å². The molecule has 0 spiro atoms. The maximum absolute atomic E-state index is 12.1. The van der Waals surface area contributed by atoms with Crippen molar-refractivity contribution >= 4 is 20.8 Å². The van der Waals surface area contributed by atoms with Crippen LogP contribution in [-0.2, 0) is 22.8 Å². The summed E-state index contributed by atoms with van der Waals surface area (Å²) in [4.78, 5) is 2.38. The van der Waals surface area contributed by atoms with E-state index < -0.39 is 9.84 Å². The number of aryl methyl sites for hydroxylation is 1. The number of hydrogen-bond donors (Lipinski definition) is 0. The first-order valence-electron chi connectivity index (χ1n) is 9.48. The highest BCUT2D eigenvalue weighted by atomic mass is 32.2. The zero-order chi connectivity index (χ0) is 17.9. The van der Waals surface area contributed by atoms with Crippen molar-refractivity contribution in [1.82, 2.24) is 4.90 Å². The van der Waals surface area contributed by atoms with Crippen LogP contribution in [0.25, 0.3) is 11.0 Å². The molecule has 138 valence electrons. The number of hydrogen-bond acceptors (Lipinski definition) is 4. The smallest absolute Gasteiger partial charge is 0.152 e. The topological polar surface area (TPSA) is 50.5 Å². The molecule has 0 saturated carbocycles. The van der Waals surface area contributed by atoms with Gasteiger partial charge in [-0.15, -0.1) is 0 Å². The van der Waals surface area contributed by atoms with E-state index in [1.807, 2.05) is 12.1 Å². The van der Waals surface area contributed by atoms with E-state index in [9.17, 15) is 8.42 Å². The van der Waals surface area contributed by atoms with Crippen LogP contribution in [0, 0.1) is 0 Å². The number of benzene rings is 1. The van der Waals surface area contributed by atoms with Crippen LogP contribution >= 0.6 is 0 Å².